The molecule has 66 valence electrons. The van der Waals surface area contributed by atoms with E-state index < -0.39 is 0 Å². The minimum Gasteiger partial charge on any atom is -0.469 e. The summed E-state index contributed by atoms with van der Waals surface area (Å²) in [6.45, 7) is 1.13. The zero-order chi connectivity index (χ0) is 8.39. The van der Waals surface area contributed by atoms with E-state index in [1.165, 1.54) is 0 Å². The van der Waals surface area contributed by atoms with Gasteiger partial charge in [0.1, 0.15) is 5.76 Å². The molecule has 0 radical (unpaired) electrons. The van der Waals surface area contributed by atoms with Crippen LogP contribution in [0.25, 0.3) is 0 Å². The Balaban J connectivity index is 2.00. The van der Waals surface area contributed by atoms with Gasteiger partial charge in [-0.1, -0.05) is 0 Å². The van der Waals surface area contributed by atoms with Crippen LogP contribution in [0.5, 0.6) is 0 Å². The molecule has 2 heterocycles. The lowest BCUT2D eigenvalue weighted by Crippen LogP contribution is -2.24. The highest BCUT2D eigenvalue weighted by molar-refractivity contribution is 5.09. The van der Waals surface area contributed by atoms with Crippen LogP contribution in [0, 0.1) is 0 Å². The molecule has 1 aromatic rings. The highest BCUT2D eigenvalue weighted by atomic mass is 16.3. The van der Waals surface area contributed by atoms with Gasteiger partial charge < -0.3 is 14.8 Å². The second-order valence-corrected chi connectivity index (χ2v) is 3.24. The van der Waals surface area contributed by atoms with Gasteiger partial charge in [0.15, 0.2) is 0 Å². The quantitative estimate of drug-likeness (QED) is 0.682. The summed E-state index contributed by atoms with van der Waals surface area (Å²) < 4.78 is 5.29. The van der Waals surface area contributed by atoms with Gasteiger partial charge in [-0.2, -0.15) is 0 Å². The summed E-state index contributed by atoms with van der Waals surface area (Å²) in [6.07, 6.45) is 2.67. The summed E-state index contributed by atoms with van der Waals surface area (Å²) in [5, 5.41) is 12.1. The number of nitrogens with one attached hydrogen (secondary N) is 1. The van der Waals surface area contributed by atoms with Gasteiger partial charge in [0.25, 0.3) is 0 Å². The Kier molecular flexibility index (Phi) is 2.15. The smallest absolute Gasteiger partial charge is 0.108 e. The van der Waals surface area contributed by atoms with Crippen molar-refractivity contribution < 1.29 is 9.52 Å². The summed E-state index contributed by atoms with van der Waals surface area (Å²) >= 11 is 0. The SMILES string of the molecule is OCC1CC(c2ccco2)CN1. The van der Waals surface area contributed by atoms with E-state index in [0.717, 1.165) is 18.7 Å². The van der Waals surface area contributed by atoms with E-state index in [1.807, 2.05) is 12.1 Å². The van der Waals surface area contributed by atoms with Gasteiger partial charge in [0.2, 0.25) is 0 Å². The first-order valence-electron chi connectivity index (χ1n) is 4.28. The largest absolute Gasteiger partial charge is 0.469 e. The maximum Gasteiger partial charge on any atom is 0.108 e. The molecule has 0 bridgehead atoms. The van der Waals surface area contributed by atoms with Gasteiger partial charge in [-0.25, -0.2) is 0 Å². The average Bonchev–Trinajstić information content (AvgIpc) is 2.75. The Morgan fingerprint density at radius 2 is 2.58 bits per heavy atom. The van der Waals surface area contributed by atoms with Crippen LogP contribution in [-0.2, 0) is 0 Å². The Morgan fingerprint density at radius 3 is 3.17 bits per heavy atom. The molecule has 2 unspecified atom stereocenters. The fraction of sp³-hybridized carbons (Fsp3) is 0.556. The highest BCUT2D eigenvalue weighted by Gasteiger charge is 2.26. The molecule has 2 atom stereocenters. The molecule has 2 N–H and O–H groups in total. The van der Waals surface area contributed by atoms with Crippen LogP contribution in [0.3, 0.4) is 0 Å². The Morgan fingerprint density at radius 1 is 1.67 bits per heavy atom. The van der Waals surface area contributed by atoms with Crippen molar-refractivity contribution in [2.45, 2.75) is 18.4 Å². The number of aliphatic hydroxyl groups is 1. The molecule has 12 heavy (non-hydrogen) atoms. The van der Waals surface area contributed by atoms with E-state index in [9.17, 15) is 0 Å². The maximum absolute atomic E-state index is 8.89. The molecule has 1 aliphatic heterocycles. The van der Waals surface area contributed by atoms with E-state index in [4.69, 9.17) is 9.52 Å². The fourth-order valence-electron chi connectivity index (χ4n) is 1.70. The zero-order valence-corrected chi connectivity index (χ0v) is 6.86. The van der Waals surface area contributed by atoms with Gasteiger partial charge in [-0.05, 0) is 18.6 Å². The summed E-state index contributed by atoms with van der Waals surface area (Å²) in [7, 11) is 0. The molecule has 0 aromatic carbocycles. The van der Waals surface area contributed by atoms with Gasteiger partial charge in [-0.3, -0.25) is 0 Å². The number of aliphatic hydroxyl groups excluding tert-OH is 1. The van der Waals surface area contributed by atoms with E-state index in [0.29, 0.717) is 5.92 Å². The Labute approximate surface area is 71.4 Å². The van der Waals surface area contributed by atoms with Crippen molar-refractivity contribution >= 4 is 0 Å². The molecule has 1 fully saturated rings. The normalized spacial score (nSPS) is 29.4. The lowest BCUT2D eigenvalue weighted by Gasteiger charge is -2.04. The zero-order valence-electron chi connectivity index (χ0n) is 6.86. The standard InChI is InChI=1S/C9H13NO2/c11-6-8-4-7(5-10-8)9-2-1-3-12-9/h1-3,7-8,10-11H,4-6H2. The summed E-state index contributed by atoms with van der Waals surface area (Å²) in [5.41, 5.74) is 0. The van der Waals surface area contributed by atoms with Crippen LogP contribution in [0.1, 0.15) is 18.1 Å². The van der Waals surface area contributed by atoms with Crippen LogP contribution >= 0.6 is 0 Å². The number of hydrogen-bond acceptors (Lipinski definition) is 3. The number of rotatable bonds is 2. The van der Waals surface area contributed by atoms with Crippen molar-refractivity contribution in [3.63, 3.8) is 0 Å². The molecule has 1 saturated heterocycles. The Hall–Kier alpha value is -0.800. The van der Waals surface area contributed by atoms with Crippen LogP contribution in [-0.4, -0.2) is 24.3 Å². The topological polar surface area (TPSA) is 45.4 Å². The molecule has 0 spiro atoms. The van der Waals surface area contributed by atoms with Crippen molar-refractivity contribution in [3.05, 3.63) is 24.2 Å². The van der Waals surface area contributed by atoms with E-state index >= 15 is 0 Å². The van der Waals surface area contributed by atoms with Gasteiger partial charge >= 0.3 is 0 Å². The van der Waals surface area contributed by atoms with Crippen LogP contribution < -0.4 is 5.32 Å². The molecule has 0 saturated carbocycles. The molecular weight excluding hydrogens is 154 g/mol. The third-order valence-electron chi connectivity index (χ3n) is 2.39. The molecule has 3 nitrogen and oxygen atoms in total. The molecule has 0 aliphatic carbocycles. The summed E-state index contributed by atoms with van der Waals surface area (Å²) in [5.74, 6) is 1.47. The van der Waals surface area contributed by atoms with Crippen molar-refractivity contribution in [2.75, 3.05) is 13.2 Å². The van der Waals surface area contributed by atoms with E-state index in [-0.39, 0.29) is 12.6 Å². The monoisotopic (exact) mass is 167 g/mol. The predicted molar refractivity (Wildman–Crippen MR) is 44.9 cm³/mol. The fourth-order valence-corrected chi connectivity index (χ4v) is 1.70. The van der Waals surface area contributed by atoms with E-state index in [2.05, 4.69) is 5.32 Å². The molecule has 1 aliphatic rings. The van der Waals surface area contributed by atoms with Crippen LogP contribution in [0.15, 0.2) is 22.8 Å². The highest BCUT2D eigenvalue weighted by Crippen LogP contribution is 2.25. The first-order chi connectivity index (χ1) is 5.90. The summed E-state index contributed by atoms with van der Waals surface area (Å²) in [4.78, 5) is 0. The van der Waals surface area contributed by atoms with Crippen molar-refractivity contribution in [1.82, 2.24) is 5.32 Å². The second kappa shape index (κ2) is 3.29. The van der Waals surface area contributed by atoms with Crippen LogP contribution in [0.4, 0.5) is 0 Å². The minimum atomic E-state index is 0.219. The first kappa shape index (κ1) is 7.83. The van der Waals surface area contributed by atoms with Crippen molar-refractivity contribution in [1.29, 1.82) is 0 Å². The lowest BCUT2D eigenvalue weighted by molar-refractivity contribution is 0.254. The maximum atomic E-state index is 8.89. The average molecular weight is 167 g/mol. The van der Waals surface area contributed by atoms with Gasteiger partial charge in [0, 0.05) is 18.5 Å². The molecule has 2 rings (SSSR count). The third-order valence-corrected chi connectivity index (χ3v) is 2.39. The summed E-state index contributed by atoms with van der Waals surface area (Å²) in [6, 6.07) is 4.15. The Bertz CT molecular complexity index is 233. The van der Waals surface area contributed by atoms with Gasteiger partial charge in [0.05, 0.1) is 12.9 Å². The lowest BCUT2D eigenvalue weighted by atomic mass is 10.0. The first-order valence-corrected chi connectivity index (χ1v) is 4.28. The van der Waals surface area contributed by atoms with Crippen LogP contribution in [0.2, 0.25) is 0 Å². The van der Waals surface area contributed by atoms with E-state index in [1.54, 1.807) is 6.26 Å². The number of furan rings is 1. The van der Waals surface area contributed by atoms with Gasteiger partial charge in [-0.15, -0.1) is 0 Å². The minimum absolute atomic E-state index is 0.219. The third kappa shape index (κ3) is 1.38. The number of hydrogen-bond donors (Lipinski definition) is 2. The molecule has 1 aromatic heterocycles. The molecule has 3 heteroatoms. The molecular formula is C9H13NO2. The van der Waals surface area contributed by atoms with Crippen molar-refractivity contribution in [3.8, 4) is 0 Å². The van der Waals surface area contributed by atoms with Crippen molar-refractivity contribution in [2.24, 2.45) is 0 Å². The second-order valence-electron chi connectivity index (χ2n) is 3.24. The molecule has 0 amide bonds. The predicted octanol–water partition coefficient (Wildman–Crippen LogP) is 0.717.